The minimum Gasteiger partial charge on any atom is -0.384 e. The molecule has 2 atom stereocenters. The zero-order valence-corrected chi connectivity index (χ0v) is 11.9. The molecule has 6 nitrogen and oxygen atoms in total. The molecule has 2 amide bonds. The zero-order valence-electron chi connectivity index (χ0n) is 11.9. The number of hydrogen-bond donors (Lipinski definition) is 1. The van der Waals surface area contributed by atoms with Crippen LogP contribution in [0.25, 0.3) is 0 Å². The SMILES string of the molecule is CC(O)C(=O)N1CCN(C(=O)C(C)n2cccc2)CC1. The van der Waals surface area contributed by atoms with Crippen LogP contribution in [0.15, 0.2) is 24.5 Å². The molecule has 6 heteroatoms. The first-order valence-electron chi connectivity index (χ1n) is 6.89. The van der Waals surface area contributed by atoms with Gasteiger partial charge in [-0.05, 0) is 26.0 Å². The Hall–Kier alpha value is -1.82. The molecule has 1 saturated heterocycles. The fourth-order valence-corrected chi connectivity index (χ4v) is 2.41. The second-order valence-electron chi connectivity index (χ2n) is 5.13. The monoisotopic (exact) mass is 279 g/mol. The number of hydrogen-bond acceptors (Lipinski definition) is 3. The van der Waals surface area contributed by atoms with Gasteiger partial charge < -0.3 is 19.5 Å². The Morgan fingerprint density at radius 2 is 1.40 bits per heavy atom. The maximum absolute atomic E-state index is 12.4. The molecule has 0 radical (unpaired) electrons. The minimum absolute atomic E-state index is 0.0605. The average Bonchev–Trinajstić information content (AvgIpc) is 2.99. The van der Waals surface area contributed by atoms with Gasteiger partial charge in [-0.3, -0.25) is 9.59 Å². The van der Waals surface area contributed by atoms with Gasteiger partial charge >= 0.3 is 0 Å². The fourth-order valence-electron chi connectivity index (χ4n) is 2.41. The largest absolute Gasteiger partial charge is 0.384 e. The molecule has 2 rings (SSSR count). The highest BCUT2D eigenvalue weighted by Gasteiger charge is 2.28. The summed E-state index contributed by atoms with van der Waals surface area (Å²) in [6, 6.07) is 3.55. The number of piperazine rings is 1. The third-order valence-corrected chi connectivity index (χ3v) is 3.69. The van der Waals surface area contributed by atoms with Gasteiger partial charge in [0.05, 0.1) is 0 Å². The van der Waals surface area contributed by atoms with E-state index < -0.39 is 6.10 Å². The van der Waals surface area contributed by atoms with Gasteiger partial charge in [-0.15, -0.1) is 0 Å². The molecule has 1 aromatic heterocycles. The fraction of sp³-hybridized carbons (Fsp3) is 0.571. The molecule has 110 valence electrons. The van der Waals surface area contributed by atoms with E-state index in [9.17, 15) is 14.7 Å². The standard InChI is InChI=1S/C14H21N3O3/c1-11(15-5-3-4-6-15)13(19)16-7-9-17(10-8-16)14(20)12(2)18/h3-6,11-12,18H,7-10H2,1-2H3. The van der Waals surface area contributed by atoms with Crippen molar-refractivity contribution < 1.29 is 14.7 Å². The molecule has 2 unspecified atom stereocenters. The number of carbonyl (C=O) groups is 2. The number of aliphatic hydroxyl groups is 1. The van der Waals surface area contributed by atoms with Gasteiger partial charge in [0.15, 0.2) is 0 Å². The highest BCUT2D eigenvalue weighted by Crippen LogP contribution is 2.13. The van der Waals surface area contributed by atoms with Gasteiger partial charge in [-0.2, -0.15) is 0 Å². The van der Waals surface area contributed by atoms with Crippen molar-refractivity contribution >= 4 is 11.8 Å². The molecule has 1 aliphatic heterocycles. The predicted octanol–water partition coefficient (Wildman–Crippen LogP) is 0.101. The van der Waals surface area contributed by atoms with Crippen LogP contribution in [-0.2, 0) is 9.59 Å². The van der Waals surface area contributed by atoms with E-state index in [1.807, 2.05) is 36.0 Å². The summed E-state index contributed by atoms with van der Waals surface area (Å²) in [5.41, 5.74) is 0. The maximum Gasteiger partial charge on any atom is 0.251 e. The van der Waals surface area contributed by atoms with Crippen molar-refractivity contribution in [3.8, 4) is 0 Å². The molecule has 1 fully saturated rings. The molecular weight excluding hydrogens is 258 g/mol. The first-order chi connectivity index (χ1) is 9.50. The Morgan fingerprint density at radius 1 is 0.950 bits per heavy atom. The van der Waals surface area contributed by atoms with Crippen molar-refractivity contribution in [1.29, 1.82) is 0 Å². The Balaban J connectivity index is 1.90. The van der Waals surface area contributed by atoms with Crippen LogP contribution in [0.5, 0.6) is 0 Å². The maximum atomic E-state index is 12.4. The first kappa shape index (κ1) is 14.6. The van der Waals surface area contributed by atoms with Crippen LogP contribution in [0.1, 0.15) is 19.9 Å². The molecule has 0 spiro atoms. The number of aliphatic hydroxyl groups excluding tert-OH is 1. The predicted molar refractivity (Wildman–Crippen MR) is 74.0 cm³/mol. The molecular formula is C14H21N3O3. The van der Waals surface area contributed by atoms with Crippen LogP contribution < -0.4 is 0 Å². The van der Waals surface area contributed by atoms with Gasteiger partial charge in [-0.1, -0.05) is 0 Å². The minimum atomic E-state index is -0.976. The Labute approximate surface area is 118 Å². The summed E-state index contributed by atoms with van der Waals surface area (Å²) in [7, 11) is 0. The lowest BCUT2D eigenvalue weighted by molar-refractivity contribution is -0.145. The lowest BCUT2D eigenvalue weighted by atomic mass is 10.2. The van der Waals surface area contributed by atoms with Crippen molar-refractivity contribution in [3.05, 3.63) is 24.5 Å². The van der Waals surface area contributed by atoms with Crippen LogP contribution in [-0.4, -0.2) is 63.6 Å². The lowest BCUT2D eigenvalue weighted by Crippen LogP contribution is -2.53. The average molecular weight is 279 g/mol. The summed E-state index contributed by atoms with van der Waals surface area (Å²) in [5.74, 6) is -0.207. The van der Waals surface area contributed by atoms with E-state index in [-0.39, 0.29) is 17.9 Å². The second kappa shape index (κ2) is 6.09. The normalized spacial score (nSPS) is 18.8. The summed E-state index contributed by atoms with van der Waals surface area (Å²) in [6.07, 6.45) is 2.77. The van der Waals surface area contributed by atoms with Crippen molar-refractivity contribution in [2.24, 2.45) is 0 Å². The second-order valence-corrected chi connectivity index (χ2v) is 5.13. The summed E-state index contributed by atoms with van der Waals surface area (Å²) < 4.78 is 1.87. The number of carbonyl (C=O) groups excluding carboxylic acids is 2. The topological polar surface area (TPSA) is 65.8 Å². The van der Waals surface area contributed by atoms with E-state index in [0.717, 1.165) is 0 Å². The van der Waals surface area contributed by atoms with E-state index in [2.05, 4.69) is 0 Å². The van der Waals surface area contributed by atoms with E-state index in [1.165, 1.54) is 6.92 Å². The summed E-state index contributed by atoms with van der Waals surface area (Å²) in [4.78, 5) is 27.4. The number of rotatable bonds is 3. The van der Waals surface area contributed by atoms with Crippen molar-refractivity contribution in [2.75, 3.05) is 26.2 Å². The van der Waals surface area contributed by atoms with Crippen LogP contribution in [0.2, 0.25) is 0 Å². The first-order valence-corrected chi connectivity index (χ1v) is 6.89. The van der Waals surface area contributed by atoms with Gasteiger partial charge in [0, 0.05) is 38.6 Å². The Morgan fingerprint density at radius 3 is 1.85 bits per heavy atom. The van der Waals surface area contributed by atoms with E-state index >= 15 is 0 Å². The van der Waals surface area contributed by atoms with Gasteiger partial charge in [-0.25, -0.2) is 0 Å². The Bertz CT molecular complexity index is 462. The molecule has 2 heterocycles. The van der Waals surface area contributed by atoms with E-state index in [4.69, 9.17) is 0 Å². The van der Waals surface area contributed by atoms with E-state index in [1.54, 1.807) is 9.80 Å². The molecule has 1 N–H and O–H groups in total. The van der Waals surface area contributed by atoms with Gasteiger partial charge in [0.2, 0.25) is 5.91 Å². The third kappa shape index (κ3) is 3.01. The van der Waals surface area contributed by atoms with Crippen LogP contribution in [0.3, 0.4) is 0 Å². The highest BCUT2D eigenvalue weighted by atomic mass is 16.3. The van der Waals surface area contributed by atoms with Gasteiger partial charge in [0.25, 0.3) is 5.91 Å². The van der Waals surface area contributed by atoms with E-state index in [0.29, 0.717) is 26.2 Å². The van der Waals surface area contributed by atoms with Crippen LogP contribution >= 0.6 is 0 Å². The number of amides is 2. The number of nitrogens with zero attached hydrogens (tertiary/aromatic N) is 3. The van der Waals surface area contributed by atoms with Gasteiger partial charge in [0.1, 0.15) is 12.1 Å². The smallest absolute Gasteiger partial charge is 0.251 e. The van der Waals surface area contributed by atoms with Crippen LogP contribution in [0.4, 0.5) is 0 Å². The van der Waals surface area contributed by atoms with Crippen molar-refractivity contribution in [3.63, 3.8) is 0 Å². The summed E-state index contributed by atoms with van der Waals surface area (Å²) >= 11 is 0. The third-order valence-electron chi connectivity index (χ3n) is 3.69. The zero-order chi connectivity index (χ0) is 14.7. The van der Waals surface area contributed by atoms with Crippen LogP contribution in [0, 0.1) is 0 Å². The lowest BCUT2D eigenvalue weighted by Gasteiger charge is -2.36. The summed E-state index contributed by atoms with van der Waals surface area (Å²) in [6.45, 7) is 5.33. The van der Waals surface area contributed by atoms with Crippen molar-refractivity contribution in [2.45, 2.75) is 26.0 Å². The molecule has 0 aromatic carbocycles. The Kier molecular flexibility index (Phi) is 4.44. The number of aromatic nitrogens is 1. The quantitative estimate of drug-likeness (QED) is 0.853. The summed E-state index contributed by atoms with van der Waals surface area (Å²) in [5, 5.41) is 9.29. The molecule has 0 bridgehead atoms. The molecule has 1 aromatic rings. The molecule has 20 heavy (non-hydrogen) atoms. The highest BCUT2D eigenvalue weighted by molar-refractivity contribution is 5.82. The molecule has 1 aliphatic rings. The molecule has 0 saturated carbocycles. The van der Waals surface area contributed by atoms with Crippen molar-refractivity contribution in [1.82, 2.24) is 14.4 Å². The molecule has 0 aliphatic carbocycles.